The third-order valence-corrected chi connectivity index (χ3v) is 1.40. The van der Waals surface area contributed by atoms with Crippen LogP contribution >= 0.6 is 0 Å². The molecule has 1 aromatic carbocycles. The van der Waals surface area contributed by atoms with E-state index >= 15 is 0 Å². The molecular weight excluding hydrogens is 130 g/mol. The first kappa shape index (κ1) is 5.56. The van der Waals surface area contributed by atoms with E-state index in [0.717, 1.165) is 17.1 Å². The lowest BCUT2D eigenvalue weighted by atomic mass is 10.2. The summed E-state index contributed by atoms with van der Waals surface area (Å²) in [7, 11) is 0. The molecule has 0 saturated carbocycles. The molecule has 1 aliphatic rings. The van der Waals surface area contributed by atoms with E-state index in [0.29, 0.717) is 0 Å². The summed E-state index contributed by atoms with van der Waals surface area (Å²) in [4.78, 5) is 9.79. The van der Waals surface area contributed by atoms with Crippen molar-refractivity contribution < 1.29 is 9.68 Å². The average molecular weight is 137 g/mol. The van der Waals surface area contributed by atoms with Gasteiger partial charge in [-0.25, -0.2) is 0 Å². The van der Waals surface area contributed by atoms with Crippen molar-refractivity contribution in [2.24, 2.45) is 0 Å². The summed E-state index contributed by atoms with van der Waals surface area (Å²) in [5.41, 5.74) is 3.47. The van der Waals surface area contributed by atoms with Crippen molar-refractivity contribution >= 4 is 0 Å². The molecule has 0 bridgehead atoms. The van der Waals surface area contributed by atoms with Crippen LogP contribution in [-0.2, 0) is 0 Å². The molecule has 1 aliphatic heterocycles. The van der Waals surface area contributed by atoms with E-state index < -0.39 is 0 Å². The molecule has 0 fully saturated rings. The van der Waals surface area contributed by atoms with E-state index in [2.05, 4.69) is 5.64 Å². The third kappa shape index (κ3) is 0.717. The molecule has 0 spiro atoms. The maximum absolute atomic E-state index is 4.91. The van der Waals surface area contributed by atoms with E-state index in [-0.39, 0.29) is 0 Å². The Kier molecular flexibility index (Phi) is 1.05. The molecule has 2 rings (SSSR count). The van der Waals surface area contributed by atoms with Crippen LogP contribution < -0.4 is 15.3 Å². The predicted molar refractivity (Wildman–Crippen MR) is 35.6 cm³/mol. The first-order valence-electron chi connectivity index (χ1n) is 3.05. The molecule has 1 N–H and O–H groups in total. The van der Waals surface area contributed by atoms with Crippen LogP contribution in [0.15, 0.2) is 18.2 Å². The Hall–Kier alpha value is -1.22. The minimum Gasteiger partial charge on any atom is -0.370 e. The van der Waals surface area contributed by atoms with Gasteiger partial charge in [0.25, 0.3) is 0 Å². The van der Waals surface area contributed by atoms with E-state index in [9.17, 15) is 0 Å². The number of hydrogen-bond donors (Lipinski definition) is 1. The van der Waals surface area contributed by atoms with Crippen LogP contribution in [0.1, 0.15) is 5.56 Å². The molecule has 0 saturated heterocycles. The second-order valence-corrected chi connectivity index (χ2v) is 2.24. The SMILES string of the molecule is Cc1ccc2c(c1)ONO2. The Balaban J connectivity index is 2.52. The van der Waals surface area contributed by atoms with Crippen molar-refractivity contribution in [2.45, 2.75) is 6.92 Å². The van der Waals surface area contributed by atoms with Gasteiger partial charge in [-0.2, -0.15) is 0 Å². The normalized spacial score (nSPS) is 13.7. The summed E-state index contributed by atoms with van der Waals surface area (Å²) in [5.74, 6) is 1.49. The van der Waals surface area contributed by atoms with Crippen molar-refractivity contribution in [1.29, 1.82) is 0 Å². The topological polar surface area (TPSA) is 30.5 Å². The Morgan fingerprint density at radius 3 is 2.90 bits per heavy atom. The lowest BCUT2D eigenvalue weighted by Gasteiger charge is -1.92. The zero-order valence-corrected chi connectivity index (χ0v) is 5.55. The molecule has 3 nitrogen and oxygen atoms in total. The largest absolute Gasteiger partial charge is 0.370 e. The molecule has 10 heavy (non-hydrogen) atoms. The molecule has 0 aromatic heterocycles. The molecule has 0 atom stereocenters. The molecule has 0 aliphatic carbocycles. The van der Waals surface area contributed by atoms with Gasteiger partial charge in [-0.3, -0.25) is 0 Å². The molecule has 0 radical (unpaired) electrons. The van der Waals surface area contributed by atoms with Crippen LogP contribution in [0.5, 0.6) is 11.5 Å². The van der Waals surface area contributed by atoms with Crippen molar-refractivity contribution in [3.05, 3.63) is 23.8 Å². The summed E-state index contributed by atoms with van der Waals surface area (Å²) in [6, 6.07) is 5.75. The first-order chi connectivity index (χ1) is 4.86. The van der Waals surface area contributed by atoms with Crippen LogP contribution in [0.2, 0.25) is 0 Å². The predicted octanol–water partition coefficient (Wildman–Crippen LogP) is 1.19. The molecule has 1 aromatic rings. The Morgan fingerprint density at radius 2 is 2.00 bits per heavy atom. The lowest BCUT2D eigenvalue weighted by Crippen LogP contribution is -2.14. The zero-order valence-electron chi connectivity index (χ0n) is 5.55. The third-order valence-electron chi connectivity index (χ3n) is 1.40. The van der Waals surface area contributed by atoms with Gasteiger partial charge >= 0.3 is 0 Å². The van der Waals surface area contributed by atoms with Crippen molar-refractivity contribution in [2.75, 3.05) is 0 Å². The van der Waals surface area contributed by atoms with Crippen LogP contribution in [0, 0.1) is 6.92 Å². The van der Waals surface area contributed by atoms with Crippen molar-refractivity contribution in [3.63, 3.8) is 0 Å². The minimum absolute atomic E-state index is 0.741. The van der Waals surface area contributed by atoms with E-state index in [1.54, 1.807) is 0 Å². The number of aryl methyl sites for hydroxylation is 1. The molecule has 3 heteroatoms. The van der Waals surface area contributed by atoms with Gasteiger partial charge in [-0.15, -0.1) is 0 Å². The maximum Gasteiger partial charge on any atom is 0.196 e. The molecule has 1 heterocycles. The summed E-state index contributed by atoms with van der Waals surface area (Å²) >= 11 is 0. The summed E-state index contributed by atoms with van der Waals surface area (Å²) < 4.78 is 0. The summed E-state index contributed by atoms with van der Waals surface area (Å²) in [6.07, 6.45) is 0. The second-order valence-electron chi connectivity index (χ2n) is 2.24. The average Bonchev–Trinajstić information content (AvgIpc) is 2.33. The Labute approximate surface area is 58.5 Å². The monoisotopic (exact) mass is 137 g/mol. The molecule has 0 unspecified atom stereocenters. The summed E-state index contributed by atoms with van der Waals surface area (Å²) in [5, 5.41) is 0. The highest BCUT2D eigenvalue weighted by molar-refractivity contribution is 5.43. The van der Waals surface area contributed by atoms with Gasteiger partial charge in [0.05, 0.1) is 0 Å². The summed E-state index contributed by atoms with van der Waals surface area (Å²) in [6.45, 7) is 2.00. The number of fused-ring (bicyclic) bond motifs is 1. The van der Waals surface area contributed by atoms with Gasteiger partial charge in [-0.1, -0.05) is 6.07 Å². The van der Waals surface area contributed by atoms with E-state index in [1.807, 2.05) is 25.1 Å². The van der Waals surface area contributed by atoms with E-state index in [1.165, 1.54) is 0 Å². The van der Waals surface area contributed by atoms with Gasteiger partial charge in [0.1, 0.15) is 0 Å². The number of hydrogen-bond acceptors (Lipinski definition) is 3. The van der Waals surface area contributed by atoms with Gasteiger partial charge in [0.2, 0.25) is 0 Å². The highest BCUT2D eigenvalue weighted by atomic mass is 16.9. The fraction of sp³-hybridized carbons (Fsp3) is 0.143. The molecule has 52 valence electrons. The highest BCUT2D eigenvalue weighted by Crippen LogP contribution is 2.29. The lowest BCUT2D eigenvalue weighted by molar-refractivity contribution is 0.0259. The number of benzene rings is 1. The first-order valence-corrected chi connectivity index (χ1v) is 3.05. The van der Waals surface area contributed by atoms with Gasteiger partial charge in [-0.05, 0) is 24.6 Å². The Morgan fingerprint density at radius 1 is 1.20 bits per heavy atom. The van der Waals surface area contributed by atoms with E-state index in [4.69, 9.17) is 9.68 Å². The van der Waals surface area contributed by atoms with Gasteiger partial charge < -0.3 is 9.68 Å². The number of nitrogens with one attached hydrogen (secondary N) is 1. The quantitative estimate of drug-likeness (QED) is 0.582. The molecular formula is C7H7NO2. The minimum atomic E-state index is 0.741. The molecule has 0 amide bonds. The standard InChI is InChI=1S/C7H7NO2/c1-5-2-3-6-7(4-5)10-8-9-6/h2-4,8H,1H3. The van der Waals surface area contributed by atoms with Crippen molar-refractivity contribution in [3.8, 4) is 11.5 Å². The van der Waals surface area contributed by atoms with Gasteiger partial charge in [0, 0.05) is 5.64 Å². The van der Waals surface area contributed by atoms with Crippen molar-refractivity contribution in [1.82, 2.24) is 5.64 Å². The second kappa shape index (κ2) is 1.88. The zero-order chi connectivity index (χ0) is 6.97. The smallest absolute Gasteiger partial charge is 0.196 e. The fourth-order valence-corrected chi connectivity index (χ4v) is 0.890. The van der Waals surface area contributed by atoms with Gasteiger partial charge in [0.15, 0.2) is 11.5 Å². The number of rotatable bonds is 0. The maximum atomic E-state index is 4.91. The van der Waals surface area contributed by atoms with Crippen LogP contribution in [0.25, 0.3) is 0 Å². The highest BCUT2D eigenvalue weighted by Gasteiger charge is 2.12. The van der Waals surface area contributed by atoms with Crippen LogP contribution in [0.4, 0.5) is 0 Å². The Bertz CT molecular complexity index is 260. The van der Waals surface area contributed by atoms with Crippen LogP contribution in [0.3, 0.4) is 0 Å². The fourth-order valence-electron chi connectivity index (χ4n) is 0.890. The van der Waals surface area contributed by atoms with Crippen LogP contribution in [-0.4, -0.2) is 0 Å².